The summed E-state index contributed by atoms with van der Waals surface area (Å²) in [6, 6.07) is 14.8. The highest BCUT2D eigenvalue weighted by Crippen LogP contribution is 2.28. The second-order valence-corrected chi connectivity index (χ2v) is 5.28. The Balaban J connectivity index is 2.18. The number of anilines is 1. The predicted molar refractivity (Wildman–Crippen MR) is 82.8 cm³/mol. The minimum atomic E-state index is -1.32. The van der Waals surface area contributed by atoms with Crippen LogP contribution in [0, 0.1) is 0 Å². The molecule has 0 unspecified atom stereocenters. The summed E-state index contributed by atoms with van der Waals surface area (Å²) in [6.07, 6.45) is -0.206. The van der Waals surface area contributed by atoms with Crippen LogP contribution in [0.15, 0.2) is 54.6 Å². The van der Waals surface area contributed by atoms with Gasteiger partial charge in [0.15, 0.2) is 0 Å². The molecule has 22 heavy (non-hydrogen) atoms. The molecular formula is C17H17NO4. The van der Waals surface area contributed by atoms with Gasteiger partial charge >= 0.3 is 5.97 Å². The van der Waals surface area contributed by atoms with Gasteiger partial charge in [0.25, 0.3) is 0 Å². The minimum Gasteiger partial charge on any atom is -0.508 e. The van der Waals surface area contributed by atoms with E-state index >= 15 is 0 Å². The number of aromatic hydroxyl groups is 1. The predicted octanol–water partition coefficient (Wildman–Crippen LogP) is 2.76. The van der Waals surface area contributed by atoms with E-state index in [1.54, 1.807) is 42.5 Å². The number of nitrogens with one attached hydrogen (secondary N) is 1. The van der Waals surface area contributed by atoms with Gasteiger partial charge < -0.3 is 15.5 Å². The van der Waals surface area contributed by atoms with Gasteiger partial charge in [-0.25, -0.2) is 0 Å². The Morgan fingerprint density at radius 1 is 1.09 bits per heavy atom. The molecule has 0 aliphatic heterocycles. The summed E-state index contributed by atoms with van der Waals surface area (Å²) >= 11 is 0. The van der Waals surface area contributed by atoms with Gasteiger partial charge in [0.1, 0.15) is 5.75 Å². The van der Waals surface area contributed by atoms with Crippen LogP contribution in [-0.4, -0.2) is 22.1 Å². The molecule has 0 bridgehead atoms. The first kappa shape index (κ1) is 15.6. The molecule has 2 rings (SSSR count). The number of carboxylic acids is 1. The van der Waals surface area contributed by atoms with Crippen molar-refractivity contribution in [3.63, 3.8) is 0 Å². The van der Waals surface area contributed by atoms with Gasteiger partial charge in [0, 0.05) is 18.2 Å². The first-order valence-electron chi connectivity index (χ1n) is 6.79. The molecule has 3 N–H and O–H groups in total. The summed E-state index contributed by atoms with van der Waals surface area (Å²) in [6.45, 7) is 1.52. The Bertz CT molecular complexity index is 684. The van der Waals surface area contributed by atoms with Crippen LogP contribution in [-0.2, 0) is 15.0 Å². The third-order valence-corrected chi connectivity index (χ3v) is 3.53. The third-order valence-electron chi connectivity index (χ3n) is 3.53. The minimum absolute atomic E-state index is 0.0295. The number of carboxylic acid groups (broad SMARTS) is 1. The number of phenolic OH excluding ortho intramolecular Hbond substituents is 1. The maximum atomic E-state index is 12.2. The number of carbonyl (C=O) groups excluding carboxylic acids is 1. The van der Waals surface area contributed by atoms with E-state index in [0.717, 1.165) is 0 Å². The molecule has 5 nitrogen and oxygen atoms in total. The van der Waals surface area contributed by atoms with Crippen LogP contribution in [0.3, 0.4) is 0 Å². The fourth-order valence-electron chi connectivity index (χ4n) is 2.22. The lowest BCUT2D eigenvalue weighted by molar-refractivity contribution is -0.145. The smallest absolute Gasteiger partial charge is 0.314 e. The molecule has 0 aliphatic rings. The molecule has 0 aliphatic carbocycles. The van der Waals surface area contributed by atoms with Crippen molar-refractivity contribution >= 4 is 17.6 Å². The molecule has 5 heteroatoms. The van der Waals surface area contributed by atoms with Crippen molar-refractivity contribution in [3.05, 3.63) is 60.2 Å². The Hall–Kier alpha value is -2.82. The molecule has 114 valence electrons. The lowest BCUT2D eigenvalue weighted by Gasteiger charge is -2.24. The second kappa shape index (κ2) is 6.30. The summed E-state index contributed by atoms with van der Waals surface area (Å²) in [5.74, 6) is -1.47. The quantitative estimate of drug-likeness (QED) is 0.792. The van der Waals surface area contributed by atoms with Crippen LogP contribution >= 0.6 is 0 Å². The van der Waals surface area contributed by atoms with E-state index in [2.05, 4.69) is 5.32 Å². The lowest BCUT2D eigenvalue weighted by atomic mass is 9.79. The fraction of sp³-hybridized carbons (Fsp3) is 0.176. The Morgan fingerprint density at radius 2 is 1.77 bits per heavy atom. The van der Waals surface area contributed by atoms with Gasteiger partial charge in [-0.2, -0.15) is 0 Å². The van der Waals surface area contributed by atoms with E-state index in [0.29, 0.717) is 11.3 Å². The van der Waals surface area contributed by atoms with Crippen molar-refractivity contribution in [2.45, 2.75) is 18.8 Å². The van der Waals surface area contributed by atoms with Crippen LogP contribution in [0.1, 0.15) is 18.9 Å². The Labute approximate surface area is 128 Å². The van der Waals surface area contributed by atoms with E-state index in [1.807, 2.05) is 0 Å². The van der Waals surface area contributed by atoms with Crippen LogP contribution in [0.5, 0.6) is 5.75 Å². The molecule has 1 atom stereocenters. The fourth-order valence-corrected chi connectivity index (χ4v) is 2.22. The molecule has 0 aromatic heterocycles. The Kier molecular flexibility index (Phi) is 4.46. The number of hydrogen-bond donors (Lipinski definition) is 3. The number of phenols is 1. The molecule has 0 saturated heterocycles. The van der Waals surface area contributed by atoms with Crippen molar-refractivity contribution in [2.75, 3.05) is 5.32 Å². The van der Waals surface area contributed by atoms with Gasteiger partial charge in [0.05, 0.1) is 5.41 Å². The first-order chi connectivity index (χ1) is 10.4. The van der Waals surface area contributed by atoms with Crippen molar-refractivity contribution in [3.8, 4) is 5.75 Å². The van der Waals surface area contributed by atoms with Gasteiger partial charge in [-0.15, -0.1) is 0 Å². The molecule has 2 aromatic carbocycles. The third kappa shape index (κ3) is 3.44. The summed E-state index contributed by atoms with van der Waals surface area (Å²) in [5.41, 5.74) is -0.332. The zero-order chi connectivity index (χ0) is 16.2. The zero-order valence-electron chi connectivity index (χ0n) is 12.1. The highest BCUT2D eigenvalue weighted by molar-refractivity contribution is 5.96. The number of hydrogen-bond acceptors (Lipinski definition) is 3. The number of benzene rings is 2. The average Bonchev–Trinajstić information content (AvgIpc) is 2.47. The Morgan fingerprint density at radius 3 is 2.36 bits per heavy atom. The summed E-state index contributed by atoms with van der Waals surface area (Å²) < 4.78 is 0. The first-order valence-corrected chi connectivity index (χ1v) is 6.79. The summed E-state index contributed by atoms with van der Waals surface area (Å²) in [5, 5.41) is 21.5. The molecule has 2 aromatic rings. The van der Waals surface area contributed by atoms with Crippen LogP contribution in [0.25, 0.3) is 0 Å². The second-order valence-electron chi connectivity index (χ2n) is 5.28. The zero-order valence-corrected chi connectivity index (χ0v) is 12.1. The number of amides is 1. The molecule has 0 heterocycles. The van der Waals surface area contributed by atoms with Gasteiger partial charge in [0.2, 0.25) is 5.91 Å². The highest BCUT2D eigenvalue weighted by atomic mass is 16.4. The summed E-state index contributed by atoms with van der Waals surface area (Å²) in [7, 11) is 0. The molecule has 0 fully saturated rings. The van der Waals surface area contributed by atoms with Crippen LogP contribution in [0.4, 0.5) is 5.69 Å². The molecule has 0 saturated carbocycles. The number of aliphatic carboxylic acids is 1. The van der Waals surface area contributed by atoms with Crippen molar-refractivity contribution in [2.24, 2.45) is 0 Å². The van der Waals surface area contributed by atoms with Gasteiger partial charge in [-0.1, -0.05) is 36.4 Å². The van der Waals surface area contributed by atoms with E-state index < -0.39 is 17.3 Å². The standard InChI is InChI=1S/C17H17NO4/c1-17(16(21)22,12-6-3-2-4-7-12)11-15(20)18-13-8-5-9-14(19)10-13/h2-10,19H,11H2,1H3,(H,18,20)(H,21,22)/t17-/m1/s1. The average molecular weight is 299 g/mol. The monoisotopic (exact) mass is 299 g/mol. The highest BCUT2D eigenvalue weighted by Gasteiger charge is 2.37. The van der Waals surface area contributed by atoms with Crippen molar-refractivity contribution in [1.29, 1.82) is 0 Å². The SMILES string of the molecule is C[C@](CC(=O)Nc1cccc(O)c1)(C(=O)O)c1ccccc1. The van der Waals surface area contributed by atoms with E-state index in [9.17, 15) is 19.8 Å². The normalized spacial score (nSPS) is 13.1. The topological polar surface area (TPSA) is 86.6 Å². The number of carbonyl (C=O) groups is 2. The molecule has 1 amide bonds. The largest absolute Gasteiger partial charge is 0.508 e. The van der Waals surface area contributed by atoms with Crippen LogP contribution < -0.4 is 5.32 Å². The van der Waals surface area contributed by atoms with Crippen molar-refractivity contribution < 1.29 is 19.8 Å². The van der Waals surface area contributed by atoms with Gasteiger partial charge in [-0.05, 0) is 24.6 Å². The van der Waals surface area contributed by atoms with Gasteiger partial charge in [-0.3, -0.25) is 9.59 Å². The van der Waals surface area contributed by atoms with Crippen LogP contribution in [0.2, 0.25) is 0 Å². The maximum absolute atomic E-state index is 12.2. The van der Waals surface area contributed by atoms with E-state index in [4.69, 9.17) is 0 Å². The lowest BCUT2D eigenvalue weighted by Crippen LogP contribution is -2.36. The molecule has 0 spiro atoms. The summed E-state index contributed by atoms with van der Waals surface area (Å²) in [4.78, 5) is 23.8. The number of rotatable bonds is 5. The maximum Gasteiger partial charge on any atom is 0.314 e. The van der Waals surface area contributed by atoms with Crippen molar-refractivity contribution in [1.82, 2.24) is 0 Å². The van der Waals surface area contributed by atoms with E-state index in [1.165, 1.54) is 19.1 Å². The molecule has 0 radical (unpaired) electrons. The molecular weight excluding hydrogens is 282 g/mol. The van der Waals surface area contributed by atoms with E-state index in [-0.39, 0.29) is 12.2 Å².